The molecule has 0 spiro atoms. The lowest BCUT2D eigenvalue weighted by atomic mass is 10.3. The first kappa shape index (κ1) is 14.6. The summed E-state index contributed by atoms with van der Waals surface area (Å²) in [6.45, 7) is 0. The molecule has 0 saturated carbocycles. The highest BCUT2D eigenvalue weighted by Crippen LogP contribution is 2.25. The third-order valence-corrected chi connectivity index (χ3v) is 3.98. The number of carboxylic acids is 1. The van der Waals surface area contributed by atoms with Gasteiger partial charge in [-0.15, -0.1) is 11.3 Å². The van der Waals surface area contributed by atoms with E-state index in [-0.39, 0.29) is 19.9 Å². The molecule has 1 aromatic carbocycles. The molecule has 1 aromatic heterocycles. The molecule has 104 valence electrons. The molecule has 20 heavy (non-hydrogen) atoms. The number of thiophene rings is 1. The fraction of sp³-hybridized carbons (Fsp3) is 0. The topological polar surface area (TPSA) is 66.4 Å². The van der Waals surface area contributed by atoms with Gasteiger partial charge in [0.2, 0.25) is 0 Å². The number of benzene rings is 1. The molecule has 0 bridgehead atoms. The van der Waals surface area contributed by atoms with Crippen LogP contribution in [0.3, 0.4) is 0 Å². The minimum Gasteiger partial charge on any atom is -0.477 e. The number of carbonyl (C=O) groups is 2. The smallest absolute Gasteiger partial charge is 0.345 e. The highest BCUT2D eigenvalue weighted by atomic mass is 79.9. The van der Waals surface area contributed by atoms with Crippen LogP contribution >= 0.6 is 27.3 Å². The van der Waals surface area contributed by atoms with Gasteiger partial charge < -0.3 is 10.4 Å². The summed E-state index contributed by atoms with van der Waals surface area (Å²) in [4.78, 5) is 22.6. The number of carboxylic acid groups (broad SMARTS) is 1. The molecule has 0 unspecified atom stereocenters. The number of carbonyl (C=O) groups excluding carboxylic acids is 1. The minimum absolute atomic E-state index is 0.00379. The van der Waals surface area contributed by atoms with Gasteiger partial charge in [-0.25, -0.2) is 13.6 Å². The van der Waals surface area contributed by atoms with Crippen LogP contribution in [-0.2, 0) is 0 Å². The first-order valence-corrected chi connectivity index (χ1v) is 6.78. The van der Waals surface area contributed by atoms with Gasteiger partial charge in [-0.1, -0.05) is 0 Å². The van der Waals surface area contributed by atoms with Crippen LogP contribution in [0.2, 0.25) is 0 Å². The standard InChI is InChI=1S/C12H6BrF2NO3S/c13-5-3-8(7(15)4-6(5)14)16-11(17)9-1-2-10(20-9)12(18)19/h1-4H,(H,16,17)(H,18,19). The van der Waals surface area contributed by atoms with Crippen molar-refractivity contribution < 1.29 is 23.5 Å². The van der Waals surface area contributed by atoms with E-state index in [2.05, 4.69) is 21.2 Å². The molecule has 1 heterocycles. The van der Waals surface area contributed by atoms with Crippen LogP contribution in [-0.4, -0.2) is 17.0 Å². The lowest BCUT2D eigenvalue weighted by Gasteiger charge is -2.06. The number of hydrogen-bond acceptors (Lipinski definition) is 3. The van der Waals surface area contributed by atoms with Crippen LogP contribution in [0.1, 0.15) is 19.3 Å². The van der Waals surface area contributed by atoms with Crippen molar-refractivity contribution in [1.82, 2.24) is 0 Å². The zero-order chi connectivity index (χ0) is 14.9. The van der Waals surface area contributed by atoms with Gasteiger partial charge in [0.05, 0.1) is 15.0 Å². The summed E-state index contributed by atoms with van der Waals surface area (Å²) in [5.41, 5.74) is -0.200. The van der Waals surface area contributed by atoms with Crippen molar-refractivity contribution in [2.45, 2.75) is 0 Å². The van der Waals surface area contributed by atoms with E-state index in [0.29, 0.717) is 6.07 Å². The predicted octanol–water partition coefficient (Wildman–Crippen LogP) is 3.74. The second-order valence-corrected chi connectivity index (χ2v) is 5.61. The molecule has 0 fully saturated rings. The number of aromatic carboxylic acids is 1. The maximum Gasteiger partial charge on any atom is 0.345 e. The summed E-state index contributed by atoms with van der Waals surface area (Å²) in [5.74, 6) is -3.52. The molecule has 0 aliphatic carbocycles. The summed E-state index contributed by atoms with van der Waals surface area (Å²) in [6, 6.07) is 4.32. The van der Waals surface area contributed by atoms with Crippen LogP contribution in [0.25, 0.3) is 0 Å². The average molecular weight is 362 g/mol. The van der Waals surface area contributed by atoms with E-state index in [1.807, 2.05) is 0 Å². The van der Waals surface area contributed by atoms with E-state index in [0.717, 1.165) is 17.4 Å². The quantitative estimate of drug-likeness (QED) is 0.818. The van der Waals surface area contributed by atoms with Crippen molar-refractivity contribution in [2.75, 3.05) is 5.32 Å². The monoisotopic (exact) mass is 361 g/mol. The molecule has 0 radical (unpaired) electrons. The predicted molar refractivity (Wildman–Crippen MR) is 73.3 cm³/mol. The van der Waals surface area contributed by atoms with Crippen molar-refractivity contribution >= 4 is 44.8 Å². The van der Waals surface area contributed by atoms with Gasteiger partial charge in [0.15, 0.2) is 0 Å². The third-order valence-electron chi connectivity index (χ3n) is 2.30. The molecular formula is C12H6BrF2NO3S. The Labute approximate surface area is 124 Å². The van der Waals surface area contributed by atoms with Gasteiger partial charge in [0, 0.05) is 6.07 Å². The Hall–Kier alpha value is -1.80. The van der Waals surface area contributed by atoms with Crippen molar-refractivity contribution in [3.8, 4) is 0 Å². The Morgan fingerprint density at radius 3 is 2.40 bits per heavy atom. The second kappa shape index (κ2) is 5.68. The van der Waals surface area contributed by atoms with E-state index in [1.165, 1.54) is 12.1 Å². The fourth-order valence-electron chi connectivity index (χ4n) is 1.38. The Balaban J connectivity index is 2.23. The number of nitrogens with one attached hydrogen (secondary N) is 1. The van der Waals surface area contributed by atoms with E-state index < -0.39 is 23.5 Å². The van der Waals surface area contributed by atoms with Gasteiger partial charge in [0.25, 0.3) is 5.91 Å². The average Bonchev–Trinajstić information content (AvgIpc) is 2.85. The maximum atomic E-state index is 13.5. The molecule has 4 nitrogen and oxygen atoms in total. The summed E-state index contributed by atoms with van der Waals surface area (Å²) in [6.07, 6.45) is 0. The molecule has 8 heteroatoms. The van der Waals surface area contributed by atoms with Crippen LogP contribution in [0.15, 0.2) is 28.7 Å². The molecule has 0 aliphatic heterocycles. The molecule has 2 N–H and O–H groups in total. The maximum absolute atomic E-state index is 13.5. The summed E-state index contributed by atoms with van der Waals surface area (Å²) in [5, 5.41) is 11.0. The summed E-state index contributed by atoms with van der Waals surface area (Å²) < 4.78 is 26.5. The van der Waals surface area contributed by atoms with E-state index in [1.54, 1.807) is 0 Å². The number of amides is 1. The lowest BCUT2D eigenvalue weighted by molar-refractivity contribution is 0.0702. The molecule has 0 saturated heterocycles. The van der Waals surface area contributed by atoms with Gasteiger partial charge in [0.1, 0.15) is 16.5 Å². The Bertz CT molecular complexity index is 702. The highest BCUT2D eigenvalue weighted by Gasteiger charge is 2.15. The zero-order valence-corrected chi connectivity index (χ0v) is 12.0. The van der Waals surface area contributed by atoms with E-state index in [4.69, 9.17) is 5.11 Å². The van der Waals surface area contributed by atoms with Crippen molar-refractivity contribution in [1.29, 1.82) is 0 Å². The normalized spacial score (nSPS) is 10.3. The minimum atomic E-state index is -1.15. The summed E-state index contributed by atoms with van der Waals surface area (Å²) in [7, 11) is 0. The van der Waals surface area contributed by atoms with E-state index >= 15 is 0 Å². The molecule has 2 aromatic rings. The second-order valence-electron chi connectivity index (χ2n) is 3.67. The first-order valence-electron chi connectivity index (χ1n) is 5.17. The van der Waals surface area contributed by atoms with Gasteiger partial charge in [-0.2, -0.15) is 0 Å². The van der Waals surface area contributed by atoms with Gasteiger partial charge in [-0.05, 0) is 34.1 Å². The lowest BCUT2D eigenvalue weighted by Crippen LogP contribution is -2.11. The molecule has 0 aliphatic rings. The Morgan fingerprint density at radius 1 is 1.15 bits per heavy atom. The van der Waals surface area contributed by atoms with Crippen LogP contribution < -0.4 is 5.32 Å². The van der Waals surface area contributed by atoms with Crippen LogP contribution in [0, 0.1) is 11.6 Å². The SMILES string of the molecule is O=C(O)c1ccc(C(=O)Nc2cc(Br)c(F)cc2F)s1. The van der Waals surface area contributed by atoms with Crippen molar-refractivity contribution in [2.24, 2.45) is 0 Å². The fourth-order valence-corrected chi connectivity index (χ4v) is 2.46. The molecule has 1 amide bonds. The number of anilines is 1. The Morgan fingerprint density at radius 2 is 1.80 bits per heavy atom. The van der Waals surface area contributed by atoms with E-state index in [9.17, 15) is 18.4 Å². The Kier molecular flexibility index (Phi) is 4.15. The number of halogens is 3. The zero-order valence-electron chi connectivity index (χ0n) is 9.62. The van der Waals surface area contributed by atoms with Gasteiger partial charge in [-0.3, -0.25) is 4.79 Å². The molecular weight excluding hydrogens is 356 g/mol. The number of rotatable bonds is 3. The molecule has 0 atom stereocenters. The van der Waals surface area contributed by atoms with Gasteiger partial charge >= 0.3 is 5.97 Å². The van der Waals surface area contributed by atoms with Crippen LogP contribution in [0.4, 0.5) is 14.5 Å². The third kappa shape index (κ3) is 3.02. The molecule has 2 rings (SSSR count). The summed E-state index contributed by atoms with van der Waals surface area (Å²) >= 11 is 3.64. The van der Waals surface area contributed by atoms with Crippen molar-refractivity contribution in [3.05, 3.63) is 50.1 Å². The largest absolute Gasteiger partial charge is 0.477 e. The highest BCUT2D eigenvalue weighted by molar-refractivity contribution is 9.10. The van der Waals surface area contributed by atoms with Crippen LogP contribution in [0.5, 0.6) is 0 Å². The number of hydrogen-bond donors (Lipinski definition) is 2. The first-order chi connectivity index (χ1) is 9.38. The van der Waals surface area contributed by atoms with Crippen molar-refractivity contribution in [3.63, 3.8) is 0 Å².